The molecule has 29 heavy (non-hydrogen) atoms. The predicted octanol–water partition coefficient (Wildman–Crippen LogP) is 4.75. The topological polar surface area (TPSA) is 61.9 Å². The van der Waals surface area contributed by atoms with E-state index in [2.05, 4.69) is 23.9 Å². The summed E-state index contributed by atoms with van der Waals surface area (Å²) in [6.45, 7) is 7.51. The van der Waals surface area contributed by atoms with Crippen LogP contribution in [0.4, 0.5) is 8.78 Å². The second-order valence-electron chi connectivity index (χ2n) is 7.64. The van der Waals surface area contributed by atoms with Crippen LogP contribution in [0, 0.1) is 19.8 Å². The van der Waals surface area contributed by atoms with Gasteiger partial charge in [0.2, 0.25) is 0 Å². The van der Waals surface area contributed by atoms with Crippen LogP contribution in [0.2, 0.25) is 0 Å². The molecule has 0 bridgehead atoms. The molecule has 3 rings (SSSR count). The Hall–Kier alpha value is -2.77. The molecule has 3 aromatic rings. The maximum absolute atomic E-state index is 13.6. The number of benzene rings is 1. The van der Waals surface area contributed by atoms with Crippen LogP contribution in [-0.2, 0) is 22.5 Å². The maximum Gasteiger partial charge on any atom is 0.320 e. The lowest BCUT2D eigenvalue weighted by molar-refractivity contribution is -0.148. The first kappa shape index (κ1) is 21.0. The number of fused-ring (bicyclic) bond motifs is 1. The highest BCUT2D eigenvalue weighted by Gasteiger charge is 2.25. The largest absolute Gasteiger partial charge is 0.454 e. The first-order chi connectivity index (χ1) is 13.7. The molecule has 6 nitrogen and oxygen atoms in total. The molecule has 1 atom stereocenters. The van der Waals surface area contributed by atoms with E-state index in [0.29, 0.717) is 17.0 Å². The van der Waals surface area contributed by atoms with Crippen LogP contribution in [0.3, 0.4) is 0 Å². The number of ether oxygens (including phenoxy) is 1. The number of hydrogen-bond donors (Lipinski definition) is 0. The molecule has 0 fully saturated rings. The summed E-state index contributed by atoms with van der Waals surface area (Å²) in [5, 5.41) is 4.50. The zero-order valence-corrected chi connectivity index (χ0v) is 17.3. The fourth-order valence-electron chi connectivity index (χ4n) is 3.50. The number of aryl methyl sites for hydroxylation is 1. The summed E-state index contributed by atoms with van der Waals surface area (Å²) < 4.78 is 35.4. The number of carbonyl (C=O) groups is 1. The van der Waals surface area contributed by atoms with E-state index < -0.39 is 18.6 Å². The molecule has 0 aliphatic heterocycles. The van der Waals surface area contributed by atoms with Crippen molar-refractivity contribution < 1.29 is 18.3 Å². The van der Waals surface area contributed by atoms with Crippen molar-refractivity contribution in [2.45, 2.75) is 60.2 Å². The Bertz CT molecular complexity index is 1020. The first-order valence-electron chi connectivity index (χ1n) is 9.66. The Kier molecular flexibility index (Phi) is 6.00. The fraction of sp³-hybridized carbons (Fsp3) is 0.476. The summed E-state index contributed by atoms with van der Waals surface area (Å²) in [4.78, 5) is 16.8. The van der Waals surface area contributed by atoms with Gasteiger partial charge < -0.3 is 4.74 Å². The molecule has 0 saturated heterocycles. The summed E-state index contributed by atoms with van der Waals surface area (Å²) in [5.41, 5.74) is 3.24. The summed E-state index contributed by atoms with van der Waals surface area (Å²) in [6.07, 6.45) is -0.870. The van der Waals surface area contributed by atoms with Crippen molar-refractivity contribution in [2.24, 2.45) is 5.92 Å². The van der Waals surface area contributed by atoms with Crippen LogP contribution in [0.25, 0.3) is 11.0 Å². The van der Waals surface area contributed by atoms with Gasteiger partial charge in [-0.3, -0.25) is 14.0 Å². The molecule has 8 heteroatoms. The standard InChI is InChI=1S/C21H26F2N4O2/c1-12(2)11-26-14(4)16(13(3)25-26)10-19(28)29-15(5)20-24-17-8-6-7-9-18(17)27(20)21(22)23/h6-9,12,15,21H,10-11H2,1-5H3. The average Bonchev–Trinajstić information content (AvgIpc) is 3.14. The molecule has 2 aromatic heterocycles. The van der Waals surface area contributed by atoms with E-state index in [9.17, 15) is 13.6 Å². The average molecular weight is 404 g/mol. The number of esters is 1. The number of halogens is 2. The van der Waals surface area contributed by atoms with E-state index in [-0.39, 0.29) is 12.2 Å². The van der Waals surface area contributed by atoms with Gasteiger partial charge in [-0.25, -0.2) is 4.98 Å². The number of imidazole rings is 1. The summed E-state index contributed by atoms with van der Waals surface area (Å²) in [6, 6.07) is 6.63. The van der Waals surface area contributed by atoms with Gasteiger partial charge in [-0.15, -0.1) is 0 Å². The quantitative estimate of drug-likeness (QED) is 0.533. The number of aromatic nitrogens is 4. The van der Waals surface area contributed by atoms with Crippen LogP contribution in [-0.4, -0.2) is 25.3 Å². The summed E-state index contributed by atoms with van der Waals surface area (Å²) in [7, 11) is 0. The van der Waals surface area contributed by atoms with Crippen molar-refractivity contribution in [1.29, 1.82) is 0 Å². The Morgan fingerprint density at radius 2 is 1.86 bits per heavy atom. The molecule has 0 radical (unpaired) electrons. The lowest BCUT2D eigenvalue weighted by Crippen LogP contribution is -2.16. The van der Waals surface area contributed by atoms with Crippen LogP contribution >= 0.6 is 0 Å². The van der Waals surface area contributed by atoms with Gasteiger partial charge in [-0.2, -0.15) is 13.9 Å². The van der Waals surface area contributed by atoms with Crippen LogP contribution < -0.4 is 0 Å². The van der Waals surface area contributed by atoms with Crippen molar-refractivity contribution >= 4 is 17.0 Å². The minimum Gasteiger partial charge on any atom is -0.454 e. The lowest BCUT2D eigenvalue weighted by Gasteiger charge is -2.15. The molecule has 0 spiro atoms. The molecule has 0 saturated carbocycles. The predicted molar refractivity (Wildman–Crippen MR) is 106 cm³/mol. The highest BCUT2D eigenvalue weighted by Crippen LogP contribution is 2.28. The highest BCUT2D eigenvalue weighted by atomic mass is 19.3. The second kappa shape index (κ2) is 8.31. The monoisotopic (exact) mass is 404 g/mol. The van der Waals surface area contributed by atoms with Crippen molar-refractivity contribution in [3.8, 4) is 0 Å². The van der Waals surface area contributed by atoms with Gasteiger partial charge in [-0.1, -0.05) is 26.0 Å². The first-order valence-corrected chi connectivity index (χ1v) is 9.66. The fourth-order valence-corrected chi connectivity index (χ4v) is 3.50. The van der Waals surface area contributed by atoms with Crippen LogP contribution in [0.1, 0.15) is 56.2 Å². The molecular formula is C21H26F2N4O2. The number of para-hydroxylation sites is 2. The smallest absolute Gasteiger partial charge is 0.320 e. The SMILES string of the molecule is Cc1nn(CC(C)C)c(C)c1CC(=O)OC(C)c1nc2ccccc2n1C(F)F. The van der Waals surface area contributed by atoms with Crippen molar-refractivity contribution in [3.05, 3.63) is 47.0 Å². The van der Waals surface area contributed by atoms with Crippen molar-refractivity contribution in [2.75, 3.05) is 0 Å². The Morgan fingerprint density at radius 3 is 2.52 bits per heavy atom. The number of rotatable bonds is 7. The molecule has 2 heterocycles. The number of hydrogen-bond acceptors (Lipinski definition) is 4. The minimum atomic E-state index is -2.78. The van der Waals surface area contributed by atoms with Crippen molar-refractivity contribution in [1.82, 2.24) is 19.3 Å². The molecule has 0 aliphatic carbocycles. The third-order valence-corrected chi connectivity index (χ3v) is 4.88. The van der Waals surface area contributed by atoms with Crippen molar-refractivity contribution in [3.63, 3.8) is 0 Å². The molecule has 0 N–H and O–H groups in total. The molecular weight excluding hydrogens is 378 g/mol. The van der Waals surface area contributed by atoms with E-state index in [4.69, 9.17) is 4.74 Å². The van der Waals surface area contributed by atoms with Gasteiger partial charge in [0.15, 0.2) is 11.9 Å². The summed E-state index contributed by atoms with van der Waals surface area (Å²) in [5.74, 6) is -0.0469. The molecule has 0 aliphatic rings. The van der Waals surface area contributed by atoms with E-state index >= 15 is 0 Å². The third-order valence-electron chi connectivity index (χ3n) is 4.88. The highest BCUT2D eigenvalue weighted by molar-refractivity contribution is 5.76. The molecule has 156 valence electrons. The second-order valence-corrected chi connectivity index (χ2v) is 7.64. The Balaban J connectivity index is 1.79. The Morgan fingerprint density at radius 1 is 1.17 bits per heavy atom. The van der Waals surface area contributed by atoms with Gasteiger partial charge in [0.25, 0.3) is 0 Å². The number of carbonyl (C=O) groups excluding carboxylic acids is 1. The van der Waals surface area contributed by atoms with Gasteiger partial charge in [0.05, 0.1) is 23.1 Å². The van der Waals surface area contributed by atoms with Crippen LogP contribution in [0.15, 0.2) is 24.3 Å². The Labute approximate surface area is 168 Å². The zero-order valence-electron chi connectivity index (χ0n) is 17.3. The van der Waals surface area contributed by atoms with E-state index in [1.165, 1.54) is 0 Å². The summed E-state index contributed by atoms with van der Waals surface area (Å²) >= 11 is 0. The molecule has 1 unspecified atom stereocenters. The maximum atomic E-state index is 13.6. The van der Waals surface area contributed by atoms with Gasteiger partial charge >= 0.3 is 12.5 Å². The normalized spacial score (nSPS) is 12.9. The van der Waals surface area contributed by atoms with Gasteiger partial charge in [0.1, 0.15) is 0 Å². The third kappa shape index (κ3) is 4.31. The minimum absolute atomic E-state index is 0.0264. The van der Waals surface area contributed by atoms with E-state index in [1.807, 2.05) is 18.5 Å². The van der Waals surface area contributed by atoms with E-state index in [1.54, 1.807) is 31.2 Å². The number of nitrogens with zero attached hydrogens (tertiary/aromatic N) is 4. The van der Waals surface area contributed by atoms with Gasteiger partial charge in [0, 0.05) is 17.8 Å². The molecule has 0 amide bonds. The zero-order chi connectivity index (χ0) is 21.3. The van der Waals surface area contributed by atoms with Gasteiger partial charge in [-0.05, 0) is 38.8 Å². The number of alkyl halides is 2. The van der Waals surface area contributed by atoms with E-state index in [0.717, 1.165) is 28.1 Å². The molecule has 1 aromatic carbocycles. The van der Waals surface area contributed by atoms with Crippen LogP contribution in [0.5, 0.6) is 0 Å². The lowest BCUT2D eigenvalue weighted by atomic mass is 10.1.